The maximum absolute atomic E-state index is 12.7. The second-order valence-electron chi connectivity index (χ2n) is 7.42. The third kappa shape index (κ3) is 4.06. The number of hydrogen-bond acceptors (Lipinski definition) is 3. The summed E-state index contributed by atoms with van der Waals surface area (Å²) in [5.41, 5.74) is 0. The van der Waals surface area contributed by atoms with E-state index >= 15 is 0 Å². The van der Waals surface area contributed by atoms with Gasteiger partial charge in [0, 0.05) is 38.6 Å². The van der Waals surface area contributed by atoms with Crippen LogP contribution in [0, 0.1) is 11.8 Å². The van der Waals surface area contributed by atoms with Crippen LogP contribution < -0.4 is 5.32 Å². The first kappa shape index (κ1) is 16.7. The third-order valence-corrected chi connectivity index (χ3v) is 5.61. The molecular weight excluding hydrogens is 290 g/mol. The zero-order valence-electron chi connectivity index (χ0n) is 14.4. The summed E-state index contributed by atoms with van der Waals surface area (Å²) >= 11 is 0. The lowest BCUT2D eigenvalue weighted by molar-refractivity contribution is -0.136. The molecule has 23 heavy (non-hydrogen) atoms. The molecular formula is C18H31N3O2. The highest BCUT2D eigenvalue weighted by molar-refractivity contribution is 5.82. The molecule has 0 aromatic carbocycles. The number of rotatable bonds is 6. The molecule has 2 amide bonds. The number of carbonyl (C=O) groups is 2. The summed E-state index contributed by atoms with van der Waals surface area (Å²) in [7, 11) is 0. The molecule has 3 aliphatic rings. The number of piperazine rings is 1. The highest BCUT2D eigenvalue weighted by atomic mass is 16.2. The van der Waals surface area contributed by atoms with Crippen molar-refractivity contribution in [3.05, 3.63) is 0 Å². The first-order valence-corrected chi connectivity index (χ1v) is 9.51. The zero-order chi connectivity index (χ0) is 16.2. The van der Waals surface area contributed by atoms with Crippen molar-refractivity contribution in [1.29, 1.82) is 0 Å². The largest absolute Gasteiger partial charge is 0.355 e. The molecule has 0 aromatic heterocycles. The molecule has 1 aliphatic heterocycles. The van der Waals surface area contributed by atoms with Gasteiger partial charge in [0.1, 0.15) is 0 Å². The highest BCUT2D eigenvalue weighted by Gasteiger charge is 2.39. The van der Waals surface area contributed by atoms with E-state index in [-0.39, 0.29) is 11.9 Å². The van der Waals surface area contributed by atoms with Crippen LogP contribution >= 0.6 is 0 Å². The molecule has 1 atom stereocenters. The fourth-order valence-corrected chi connectivity index (χ4v) is 4.11. The van der Waals surface area contributed by atoms with E-state index in [0.717, 1.165) is 52.0 Å². The summed E-state index contributed by atoms with van der Waals surface area (Å²) < 4.78 is 0. The second kappa shape index (κ2) is 7.65. The molecule has 1 N–H and O–H groups in total. The first-order chi connectivity index (χ1) is 11.2. The fraction of sp³-hybridized carbons (Fsp3) is 0.889. The van der Waals surface area contributed by atoms with Crippen molar-refractivity contribution in [2.75, 3.05) is 32.7 Å². The van der Waals surface area contributed by atoms with Gasteiger partial charge >= 0.3 is 0 Å². The second-order valence-corrected chi connectivity index (χ2v) is 7.42. The lowest BCUT2D eigenvalue weighted by Gasteiger charge is -2.40. The minimum atomic E-state index is 0.0160. The Morgan fingerprint density at radius 3 is 2.26 bits per heavy atom. The van der Waals surface area contributed by atoms with Crippen LogP contribution in [0.3, 0.4) is 0 Å². The maximum atomic E-state index is 12.7. The Bertz CT molecular complexity index is 422. The van der Waals surface area contributed by atoms with Crippen LogP contribution in [0.25, 0.3) is 0 Å². The average molecular weight is 321 g/mol. The topological polar surface area (TPSA) is 52.7 Å². The molecule has 2 saturated carbocycles. The molecule has 0 unspecified atom stereocenters. The standard InChI is InChI=1S/C18H31N3O2/c1-2-9-19-17(22)16(14-5-3-4-6-14)20-10-12-21(13-11-20)18(23)15-7-8-15/h14-16H,2-13H2,1H3,(H,19,22)/t16-/m0/s1. The van der Waals surface area contributed by atoms with Gasteiger partial charge in [-0.3, -0.25) is 14.5 Å². The van der Waals surface area contributed by atoms with Crippen molar-refractivity contribution in [3.63, 3.8) is 0 Å². The van der Waals surface area contributed by atoms with Crippen LogP contribution in [0.4, 0.5) is 0 Å². The van der Waals surface area contributed by atoms with Crippen LogP contribution in [0.2, 0.25) is 0 Å². The molecule has 130 valence electrons. The van der Waals surface area contributed by atoms with Crippen molar-refractivity contribution in [3.8, 4) is 0 Å². The maximum Gasteiger partial charge on any atom is 0.237 e. The van der Waals surface area contributed by atoms with Gasteiger partial charge in [-0.2, -0.15) is 0 Å². The van der Waals surface area contributed by atoms with Crippen molar-refractivity contribution >= 4 is 11.8 Å². The number of amides is 2. The Labute approximate surface area is 139 Å². The third-order valence-electron chi connectivity index (χ3n) is 5.61. The molecule has 1 saturated heterocycles. The summed E-state index contributed by atoms with van der Waals surface area (Å²) in [4.78, 5) is 29.2. The van der Waals surface area contributed by atoms with E-state index in [1.807, 2.05) is 4.90 Å². The van der Waals surface area contributed by atoms with Crippen LogP contribution in [0.1, 0.15) is 51.9 Å². The normalized spacial score (nSPS) is 24.7. The smallest absolute Gasteiger partial charge is 0.237 e. The molecule has 0 spiro atoms. The Hall–Kier alpha value is -1.10. The lowest BCUT2D eigenvalue weighted by Crippen LogP contribution is -2.58. The Kier molecular flexibility index (Phi) is 5.57. The summed E-state index contributed by atoms with van der Waals surface area (Å²) in [6.07, 6.45) is 7.97. The molecule has 0 bridgehead atoms. The summed E-state index contributed by atoms with van der Waals surface area (Å²) in [5.74, 6) is 1.36. The minimum absolute atomic E-state index is 0.0160. The van der Waals surface area contributed by atoms with Gasteiger partial charge in [0.25, 0.3) is 0 Å². The van der Waals surface area contributed by atoms with E-state index in [1.165, 1.54) is 25.7 Å². The van der Waals surface area contributed by atoms with Crippen LogP contribution in [-0.4, -0.2) is 60.4 Å². The van der Waals surface area contributed by atoms with Gasteiger partial charge in [0.05, 0.1) is 6.04 Å². The molecule has 5 heteroatoms. The van der Waals surface area contributed by atoms with E-state index in [0.29, 0.717) is 17.7 Å². The van der Waals surface area contributed by atoms with E-state index in [1.54, 1.807) is 0 Å². The number of carbonyl (C=O) groups excluding carboxylic acids is 2. The molecule has 0 aromatic rings. The average Bonchev–Trinajstić information content (AvgIpc) is 3.30. The molecule has 0 radical (unpaired) electrons. The Morgan fingerprint density at radius 1 is 1.04 bits per heavy atom. The summed E-state index contributed by atoms with van der Waals surface area (Å²) in [6.45, 7) is 6.13. The van der Waals surface area contributed by atoms with Gasteiger partial charge in [0.15, 0.2) is 0 Å². The van der Waals surface area contributed by atoms with Gasteiger partial charge in [-0.1, -0.05) is 19.8 Å². The predicted molar refractivity (Wildman–Crippen MR) is 89.9 cm³/mol. The van der Waals surface area contributed by atoms with Gasteiger partial charge in [-0.25, -0.2) is 0 Å². The van der Waals surface area contributed by atoms with Gasteiger partial charge in [-0.05, 0) is 38.0 Å². The van der Waals surface area contributed by atoms with Crippen molar-refractivity contribution in [1.82, 2.24) is 15.1 Å². The minimum Gasteiger partial charge on any atom is -0.355 e. The van der Waals surface area contributed by atoms with E-state index in [4.69, 9.17) is 0 Å². The van der Waals surface area contributed by atoms with Gasteiger partial charge in [-0.15, -0.1) is 0 Å². The van der Waals surface area contributed by atoms with Gasteiger partial charge in [0.2, 0.25) is 11.8 Å². The SMILES string of the molecule is CCCNC(=O)[C@H](C1CCCC1)N1CCN(C(=O)C2CC2)CC1. The van der Waals surface area contributed by atoms with E-state index < -0.39 is 0 Å². The molecule has 3 fully saturated rings. The quantitative estimate of drug-likeness (QED) is 0.809. The molecule has 5 nitrogen and oxygen atoms in total. The molecule has 1 heterocycles. The molecule has 3 rings (SSSR count). The summed E-state index contributed by atoms with van der Waals surface area (Å²) in [6, 6.07) is 0.0160. The highest BCUT2D eigenvalue weighted by Crippen LogP contribution is 2.33. The number of nitrogens with zero attached hydrogens (tertiary/aromatic N) is 2. The van der Waals surface area contributed by atoms with Crippen molar-refractivity contribution in [2.24, 2.45) is 11.8 Å². The number of hydrogen-bond donors (Lipinski definition) is 1. The fourth-order valence-electron chi connectivity index (χ4n) is 4.11. The van der Waals surface area contributed by atoms with Crippen LogP contribution in [0.5, 0.6) is 0 Å². The summed E-state index contributed by atoms with van der Waals surface area (Å²) in [5, 5.41) is 3.11. The van der Waals surface area contributed by atoms with Crippen LogP contribution in [-0.2, 0) is 9.59 Å². The number of nitrogens with one attached hydrogen (secondary N) is 1. The molecule has 2 aliphatic carbocycles. The van der Waals surface area contributed by atoms with Gasteiger partial charge < -0.3 is 10.2 Å². The predicted octanol–water partition coefficient (Wildman–Crippen LogP) is 1.63. The monoisotopic (exact) mass is 321 g/mol. The van der Waals surface area contributed by atoms with E-state index in [9.17, 15) is 9.59 Å². The first-order valence-electron chi connectivity index (χ1n) is 9.51. The zero-order valence-corrected chi connectivity index (χ0v) is 14.4. The Balaban J connectivity index is 1.58. The van der Waals surface area contributed by atoms with Crippen molar-refractivity contribution in [2.45, 2.75) is 57.9 Å². The lowest BCUT2D eigenvalue weighted by atomic mass is 9.95. The van der Waals surface area contributed by atoms with Crippen LogP contribution in [0.15, 0.2) is 0 Å². The van der Waals surface area contributed by atoms with Crippen molar-refractivity contribution < 1.29 is 9.59 Å². The Morgan fingerprint density at radius 2 is 1.70 bits per heavy atom. The van der Waals surface area contributed by atoms with E-state index in [2.05, 4.69) is 17.1 Å².